The van der Waals surface area contributed by atoms with Crippen LogP contribution in [-0.2, 0) is 24.3 Å². The van der Waals surface area contributed by atoms with Gasteiger partial charge >= 0.3 is 0 Å². The van der Waals surface area contributed by atoms with Crippen molar-refractivity contribution in [2.45, 2.75) is 43.8 Å². The summed E-state index contributed by atoms with van der Waals surface area (Å²) in [5.74, 6) is 0.997. The fraction of sp³-hybridized carbons (Fsp3) is 0.714. The van der Waals surface area contributed by atoms with E-state index < -0.39 is 10.0 Å². The predicted octanol–water partition coefficient (Wildman–Crippen LogP) is 0.955. The van der Waals surface area contributed by atoms with Gasteiger partial charge in [-0.15, -0.1) is 0 Å². The zero-order valence-electron chi connectivity index (χ0n) is 18.3. The summed E-state index contributed by atoms with van der Waals surface area (Å²) in [6.07, 6.45) is 3.13. The Morgan fingerprint density at radius 2 is 1.68 bits per heavy atom. The third-order valence-electron chi connectivity index (χ3n) is 6.23. The second-order valence-corrected chi connectivity index (χ2v) is 10.6. The number of ether oxygens (including phenoxy) is 2. The molecule has 3 saturated heterocycles. The molecule has 0 aliphatic carbocycles. The average Bonchev–Trinajstić information content (AvgIpc) is 2.79. The van der Waals surface area contributed by atoms with Gasteiger partial charge in [0.2, 0.25) is 15.9 Å². The Morgan fingerprint density at radius 1 is 1.03 bits per heavy atom. The number of sulfonamides is 1. The van der Waals surface area contributed by atoms with Crippen LogP contribution in [0, 0.1) is 5.92 Å². The van der Waals surface area contributed by atoms with Crippen molar-refractivity contribution in [1.29, 1.82) is 0 Å². The van der Waals surface area contributed by atoms with Crippen molar-refractivity contribution in [3.63, 3.8) is 0 Å². The Balaban J connectivity index is 1.34. The topological polar surface area (TPSA) is 92.3 Å². The van der Waals surface area contributed by atoms with Gasteiger partial charge in [-0.2, -0.15) is 4.31 Å². The lowest BCUT2D eigenvalue weighted by atomic mass is 9.94. The van der Waals surface area contributed by atoms with Gasteiger partial charge in [0.25, 0.3) is 0 Å². The summed E-state index contributed by atoms with van der Waals surface area (Å²) in [5.41, 5.74) is 0. The van der Waals surface area contributed by atoms with E-state index in [-0.39, 0.29) is 28.9 Å². The number of rotatable bonds is 4. The first-order valence-corrected chi connectivity index (χ1v) is 12.5. The van der Waals surface area contributed by atoms with Crippen LogP contribution in [0.1, 0.15) is 26.7 Å². The first-order chi connectivity index (χ1) is 14.8. The minimum atomic E-state index is -3.54. The summed E-state index contributed by atoms with van der Waals surface area (Å²) in [6.45, 7) is 8.36. The molecule has 2 atom stereocenters. The van der Waals surface area contributed by atoms with E-state index in [0.29, 0.717) is 39.4 Å². The van der Waals surface area contributed by atoms with Gasteiger partial charge in [-0.1, -0.05) is 0 Å². The number of piperidine rings is 1. The van der Waals surface area contributed by atoms with E-state index in [2.05, 4.69) is 9.88 Å². The van der Waals surface area contributed by atoms with Crippen molar-refractivity contribution in [3.05, 3.63) is 18.3 Å². The maximum atomic E-state index is 12.9. The molecule has 2 unspecified atom stereocenters. The highest BCUT2D eigenvalue weighted by Crippen LogP contribution is 2.26. The molecule has 1 aromatic rings. The lowest BCUT2D eigenvalue weighted by Gasteiger charge is -2.39. The number of pyridine rings is 1. The van der Waals surface area contributed by atoms with Gasteiger partial charge in [0, 0.05) is 51.4 Å². The zero-order chi connectivity index (χ0) is 22.0. The number of hydrogen-bond acceptors (Lipinski definition) is 7. The number of carbonyl (C=O) groups is 1. The molecular weight excluding hydrogens is 420 g/mol. The maximum Gasteiger partial charge on any atom is 0.244 e. The third-order valence-corrected chi connectivity index (χ3v) is 8.11. The fourth-order valence-corrected chi connectivity index (χ4v) is 5.97. The summed E-state index contributed by atoms with van der Waals surface area (Å²) in [7, 11) is -3.54. The van der Waals surface area contributed by atoms with Crippen LogP contribution in [0.3, 0.4) is 0 Å². The minimum Gasteiger partial charge on any atom is -0.379 e. The third kappa shape index (κ3) is 5.02. The fourth-order valence-electron chi connectivity index (χ4n) is 4.62. The smallest absolute Gasteiger partial charge is 0.244 e. The maximum absolute atomic E-state index is 12.9. The van der Waals surface area contributed by atoms with Crippen LogP contribution in [0.25, 0.3) is 0 Å². The standard InChI is InChI=1S/C21H32N4O5S/c1-16-14-24(15-17(2)30-16)21(26)18-5-7-23(8-6-18)20-4-3-19(13-22-20)31(27,28)25-9-11-29-12-10-25/h3-4,13,16-18H,5-12,14-15H2,1-2H3. The molecule has 0 N–H and O–H groups in total. The Morgan fingerprint density at radius 3 is 2.26 bits per heavy atom. The molecule has 0 saturated carbocycles. The molecule has 4 rings (SSSR count). The quantitative estimate of drug-likeness (QED) is 0.672. The molecule has 0 bridgehead atoms. The molecule has 31 heavy (non-hydrogen) atoms. The van der Waals surface area contributed by atoms with E-state index in [1.165, 1.54) is 10.5 Å². The molecule has 0 spiro atoms. The van der Waals surface area contributed by atoms with E-state index in [9.17, 15) is 13.2 Å². The molecular formula is C21H32N4O5S. The number of carbonyl (C=O) groups excluding carboxylic acids is 1. The van der Waals surface area contributed by atoms with Crippen LogP contribution < -0.4 is 4.90 Å². The molecule has 10 heteroatoms. The van der Waals surface area contributed by atoms with E-state index in [4.69, 9.17) is 9.47 Å². The van der Waals surface area contributed by atoms with Crippen molar-refractivity contribution in [1.82, 2.24) is 14.2 Å². The number of amides is 1. The largest absolute Gasteiger partial charge is 0.379 e. The van der Waals surface area contributed by atoms with Gasteiger partial charge in [-0.3, -0.25) is 4.79 Å². The van der Waals surface area contributed by atoms with Gasteiger partial charge in [-0.05, 0) is 38.8 Å². The molecule has 0 radical (unpaired) electrons. The molecule has 4 heterocycles. The molecule has 3 fully saturated rings. The van der Waals surface area contributed by atoms with Crippen molar-refractivity contribution in [2.24, 2.45) is 5.92 Å². The van der Waals surface area contributed by atoms with E-state index in [1.54, 1.807) is 12.1 Å². The van der Waals surface area contributed by atoms with Gasteiger partial charge in [0.05, 0.1) is 25.4 Å². The van der Waals surface area contributed by atoms with Crippen LogP contribution in [-0.4, -0.2) is 93.2 Å². The first-order valence-electron chi connectivity index (χ1n) is 11.1. The van der Waals surface area contributed by atoms with Crippen molar-refractivity contribution in [2.75, 3.05) is 57.4 Å². The summed E-state index contributed by atoms with van der Waals surface area (Å²) in [6, 6.07) is 3.39. The van der Waals surface area contributed by atoms with E-state index >= 15 is 0 Å². The molecule has 9 nitrogen and oxygen atoms in total. The lowest BCUT2D eigenvalue weighted by molar-refractivity contribution is -0.148. The molecule has 172 valence electrons. The van der Waals surface area contributed by atoms with Gasteiger partial charge in [-0.25, -0.2) is 13.4 Å². The number of hydrogen-bond donors (Lipinski definition) is 0. The van der Waals surface area contributed by atoms with Crippen LogP contribution >= 0.6 is 0 Å². The first kappa shape index (κ1) is 22.4. The minimum absolute atomic E-state index is 0.0229. The Kier molecular flexibility index (Phi) is 6.80. The van der Waals surface area contributed by atoms with Gasteiger partial charge < -0.3 is 19.3 Å². The Bertz CT molecular complexity index is 854. The van der Waals surface area contributed by atoms with Crippen LogP contribution in [0.4, 0.5) is 5.82 Å². The summed E-state index contributed by atoms with van der Waals surface area (Å²) >= 11 is 0. The summed E-state index contributed by atoms with van der Waals surface area (Å²) in [4.78, 5) is 21.6. The van der Waals surface area contributed by atoms with Crippen LogP contribution in [0.2, 0.25) is 0 Å². The molecule has 1 aromatic heterocycles. The molecule has 3 aliphatic heterocycles. The second kappa shape index (κ2) is 9.40. The predicted molar refractivity (Wildman–Crippen MR) is 115 cm³/mol. The average molecular weight is 453 g/mol. The van der Waals surface area contributed by atoms with Crippen molar-refractivity contribution >= 4 is 21.7 Å². The Labute approximate surface area is 184 Å². The van der Waals surface area contributed by atoms with Crippen LogP contribution in [0.15, 0.2) is 23.2 Å². The highest BCUT2D eigenvalue weighted by molar-refractivity contribution is 7.89. The molecule has 3 aliphatic rings. The zero-order valence-corrected chi connectivity index (χ0v) is 19.1. The number of aromatic nitrogens is 1. The highest BCUT2D eigenvalue weighted by atomic mass is 32.2. The highest BCUT2D eigenvalue weighted by Gasteiger charge is 2.33. The normalized spacial score (nSPS) is 26.8. The Hall–Kier alpha value is -1.75. The van der Waals surface area contributed by atoms with Crippen molar-refractivity contribution in [3.8, 4) is 0 Å². The number of morpholine rings is 2. The number of nitrogens with zero attached hydrogens (tertiary/aromatic N) is 4. The second-order valence-electron chi connectivity index (χ2n) is 8.63. The number of anilines is 1. The lowest BCUT2D eigenvalue weighted by Crippen LogP contribution is -2.51. The SMILES string of the molecule is CC1CN(C(=O)C2CCN(c3ccc(S(=O)(=O)N4CCOCC4)cn3)CC2)CC(C)O1. The van der Waals surface area contributed by atoms with Gasteiger partial charge in [0.15, 0.2) is 0 Å². The van der Waals surface area contributed by atoms with E-state index in [0.717, 1.165) is 31.7 Å². The van der Waals surface area contributed by atoms with Crippen molar-refractivity contribution < 1.29 is 22.7 Å². The van der Waals surface area contributed by atoms with Gasteiger partial charge in [0.1, 0.15) is 10.7 Å². The van der Waals surface area contributed by atoms with E-state index in [1.807, 2.05) is 18.7 Å². The summed E-state index contributed by atoms with van der Waals surface area (Å²) in [5, 5.41) is 0. The van der Waals surface area contributed by atoms with Crippen LogP contribution in [0.5, 0.6) is 0 Å². The molecule has 1 amide bonds. The summed E-state index contributed by atoms with van der Waals surface area (Å²) < 4.78 is 37.9. The molecule has 0 aromatic carbocycles. The monoisotopic (exact) mass is 452 g/mol.